The Morgan fingerprint density at radius 2 is 2.00 bits per heavy atom. The number of carbonyl (C=O) groups excluding carboxylic acids is 1. The first kappa shape index (κ1) is 14.0. The van der Waals surface area contributed by atoms with E-state index < -0.39 is 0 Å². The van der Waals surface area contributed by atoms with Gasteiger partial charge in [0.25, 0.3) is 5.91 Å². The zero-order valence-corrected chi connectivity index (χ0v) is 13.1. The van der Waals surface area contributed by atoms with Crippen LogP contribution in [0.25, 0.3) is 10.6 Å². The molecule has 1 N–H and O–H groups in total. The van der Waals surface area contributed by atoms with Crippen molar-refractivity contribution in [3.05, 3.63) is 57.7 Å². The van der Waals surface area contributed by atoms with Crippen molar-refractivity contribution in [1.29, 1.82) is 0 Å². The molecule has 0 unspecified atom stereocenters. The standard InChI is InChI=1S/C16H14N2OS2/c1-2-11-3-5-13(6-4-11)17-15(19)14-10-21-16(18-14)12-7-8-20-9-12/h3-10H,2H2,1H3,(H,17,19). The number of nitrogens with one attached hydrogen (secondary N) is 1. The van der Waals surface area contributed by atoms with Gasteiger partial charge >= 0.3 is 0 Å². The van der Waals surface area contributed by atoms with Crippen LogP contribution in [0.3, 0.4) is 0 Å². The van der Waals surface area contributed by atoms with E-state index in [0.29, 0.717) is 5.69 Å². The highest BCUT2D eigenvalue weighted by Gasteiger charge is 2.12. The highest BCUT2D eigenvalue weighted by Crippen LogP contribution is 2.26. The molecule has 0 aliphatic rings. The van der Waals surface area contributed by atoms with E-state index in [0.717, 1.165) is 22.7 Å². The molecular formula is C16H14N2OS2. The van der Waals surface area contributed by atoms with Crippen LogP contribution in [-0.4, -0.2) is 10.9 Å². The van der Waals surface area contributed by atoms with Crippen molar-refractivity contribution in [3.8, 4) is 10.6 Å². The molecule has 2 aromatic heterocycles. The van der Waals surface area contributed by atoms with Gasteiger partial charge in [-0.2, -0.15) is 11.3 Å². The molecule has 0 aliphatic carbocycles. The fourth-order valence-corrected chi connectivity index (χ4v) is 3.43. The molecule has 0 radical (unpaired) electrons. The first-order valence-corrected chi connectivity index (χ1v) is 8.47. The van der Waals surface area contributed by atoms with Crippen LogP contribution >= 0.6 is 22.7 Å². The summed E-state index contributed by atoms with van der Waals surface area (Å²) in [4.78, 5) is 16.6. The first-order chi connectivity index (χ1) is 10.3. The van der Waals surface area contributed by atoms with Crippen LogP contribution in [0.5, 0.6) is 0 Å². The largest absolute Gasteiger partial charge is 0.321 e. The second-order valence-corrected chi connectivity index (χ2v) is 6.19. The molecule has 3 aromatic rings. The van der Waals surface area contributed by atoms with Crippen LogP contribution in [0.15, 0.2) is 46.5 Å². The minimum atomic E-state index is -0.169. The van der Waals surface area contributed by atoms with Crippen LogP contribution < -0.4 is 5.32 Å². The maximum atomic E-state index is 12.2. The number of thiazole rings is 1. The molecule has 2 heterocycles. The molecule has 0 fully saturated rings. The summed E-state index contributed by atoms with van der Waals surface area (Å²) in [5.41, 5.74) is 3.57. The molecule has 3 nitrogen and oxygen atoms in total. The first-order valence-electron chi connectivity index (χ1n) is 6.64. The molecule has 1 amide bonds. The predicted octanol–water partition coefficient (Wildman–Crippen LogP) is 4.69. The fraction of sp³-hybridized carbons (Fsp3) is 0.125. The average molecular weight is 314 g/mol. The topological polar surface area (TPSA) is 42.0 Å². The summed E-state index contributed by atoms with van der Waals surface area (Å²) in [6.07, 6.45) is 0.990. The van der Waals surface area contributed by atoms with E-state index in [1.54, 1.807) is 16.7 Å². The highest BCUT2D eigenvalue weighted by molar-refractivity contribution is 7.14. The van der Waals surface area contributed by atoms with E-state index in [1.165, 1.54) is 16.9 Å². The maximum absolute atomic E-state index is 12.2. The number of aryl methyl sites for hydroxylation is 1. The molecule has 0 aliphatic heterocycles. The van der Waals surface area contributed by atoms with Crippen molar-refractivity contribution in [2.75, 3.05) is 5.32 Å². The minimum absolute atomic E-state index is 0.169. The summed E-state index contributed by atoms with van der Waals surface area (Å²) < 4.78 is 0. The summed E-state index contributed by atoms with van der Waals surface area (Å²) in [5.74, 6) is -0.169. The molecule has 0 bridgehead atoms. The Hall–Kier alpha value is -1.98. The molecular weight excluding hydrogens is 300 g/mol. The SMILES string of the molecule is CCc1ccc(NC(=O)c2csc(-c3ccsc3)n2)cc1. The lowest BCUT2D eigenvalue weighted by molar-refractivity contribution is 0.102. The molecule has 3 rings (SSSR count). The Morgan fingerprint density at radius 3 is 2.67 bits per heavy atom. The van der Waals surface area contributed by atoms with Gasteiger partial charge < -0.3 is 5.32 Å². The van der Waals surface area contributed by atoms with E-state index in [4.69, 9.17) is 0 Å². The molecule has 0 saturated carbocycles. The lowest BCUT2D eigenvalue weighted by atomic mass is 10.1. The Balaban J connectivity index is 1.73. The van der Waals surface area contributed by atoms with Gasteiger partial charge in [0, 0.05) is 22.0 Å². The Morgan fingerprint density at radius 1 is 1.19 bits per heavy atom. The van der Waals surface area contributed by atoms with Crippen molar-refractivity contribution in [2.45, 2.75) is 13.3 Å². The van der Waals surface area contributed by atoms with Crippen molar-refractivity contribution >= 4 is 34.3 Å². The van der Waals surface area contributed by atoms with Crippen LogP contribution in [0.4, 0.5) is 5.69 Å². The van der Waals surface area contributed by atoms with E-state index in [-0.39, 0.29) is 5.91 Å². The number of carbonyl (C=O) groups is 1. The van der Waals surface area contributed by atoms with Crippen molar-refractivity contribution in [3.63, 3.8) is 0 Å². The summed E-state index contributed by atoms with van der Waals surface area (Å²) in [6.45, 7) is 2.11. The van der Waals surface area contributed by atoms with Gasteiger partial charge in [-0.25, -0.2) is 4.98 Å². The van der Waals surface area contributed by atoms with Crippen LogP contribution in [0.2, 0.25) is 0 Å². The number of benzene rings is 1. The van der Waals surface area contributed by atoms with Crippen LogP contribution in [0, 0.1) is 0 Å². The lowest BCUT2D eigenvalue weighted by Crippen LogP contribution is -2.12. The fourth-order valence-electron chi connectivity index (χ4n) is 1.92. The van der Waals surface area contributed by atoms with E-state index in [1.807, 2.05) is 41.1 Å². The number of hydrogen-bond donors (Lipinski definition) is 1. The van der Waals surface area contributed by atoms with Gasteiger partial charge in [0.05, 0.1) is 0 Å². The van der Waals surface area contributed by atoms with Gasteiger partial charge in [-0.3, -0.25) is 4.79 Å². The second kappa shape index (κ2) is 6.20. The number of nitrogens with zero attached hydrogens (tertiary/aromatic N) is 1. The van der Waals surface area contributed by atoms with Crippen LogP contribution in [-0.2, 0) is 6.42 Å². The lowest BCUT2D eigenvalue weighted by Gasteiger charge is -2.04. The molecule has 1 aromatic carbocycles. The van der Waals surface area contributed by atoms with E-state index in [9.17, 15) is 4.79 Å². The Bertz CT molecular complexity index is 730. The summed E-state index contributed by atoms with van der Waals surface area (Å²) >= 11 is 3.11. The normalized spacial score (nSPS) is 10.5. The van der Waals surface area contributed by atoms with Gasteiger partial charge in [-0.15, -0.1) is 11.3 Å². The van der Waals surface area contributed by atoms with Crippen molar-refractivity contribution in [1.82, 2.24) is 4.98 Å². The highest BCUT2D eigenvalue weighted by atomic mass is 32.1. The molecule has 0 saturated heterocycles. The van der Waals surface area contributed by atoms with Crippen LogP contribution in [0.1, 0.15) is 23.0 Å². The van der Waals surface area contributed by atoms with Crippen molar-refractivity contribution < 1.29 is 4.79 Å². The Labute approximate surface area is 131 Å². The number of anilines is 1. The van der Waals surface area contributed by atoms with Gasteiger partial charge in [-0.1, -0.05) is 19.1 Å². The molecule has 21 heavy (non-hydrogen) atoms. The van der Waals surface area contributed by atoms with Gasteiger partial charge in [0.15, 0.2) is 0 Å². The minimum Gasteiger partial charge on any atom is -0.321 e. The van der Waals surface area contributed by atoms with Gasteiger partial charge in [-0.05, 0) is 35.6 Å². The zero-order chi connectivity index (χ0) is 14.7. The summed E-state index contributed by atoms with van der Waals surface area (Å²) in [7, 11) is 0. The molecule has 5 heteroatoms. The number of amides is 1. The van der Waals surface area contributed by atoms with E-state index >= 15 is 0 Å². The smallest absolute Gasteiger partial charge is 0.275 e. The molecule has 0 spiro atoms. The van der Waals surface area contributed by atoms with E-state index in [2.05, 4.69) is 17.2 Å². The zero-order valence-electron chi connectivity index (χ0n) is 11.5. The van der Waals surface area contributed by atoms with Crippen molar-refractivity contribution in [2.24, 2.45) is 0 Å². The Kier molecular flexibility index (Phi) is 4.13. The van der Waals surface area contributed by atoms with Gasteiger partial charge in [0.1, 0.15) is 10.7 Å². The molecule has 106 valence electrons. The third kappa shape index (κ3) is 3.20. The third-order valence-corrected chi connectivity index (χ3v) is 4.70. The summed E-state index contributed by atoms with van der Waals surface area (Å²) in [5, 5.41) is 9.59. The third-order valence-electron chi connectivity index (χ3n) is 3.13. The quantitative estimate of drug-likeness (QED) is 0.759. The number of thiophene rings is 1. The molecule has 0 atom stereocenters. The second-order valence-electron chi connectivity index (χ2n) is 4.55. The average Bonchev–Trinajstić information content (AvgIpc) is 3.19. The maximum Gasteiger partial charge on any atom is 0.275 e. The predicted molar refractivity (Wildman–Crippen MR) is 89.2 cm³/mol. The summed E-state index contributed by atoms with van der Waals surface area (Å²) in [6, 6.07) is 9.89. The van der Waals surface area contributed by atoms with Gasteiger partial charge in [0.2, 0.25) is 0 Å². The number of rotatable bonds is 4. The number of aromatic nitrogens is 1. The monoisotopic (exact) mass is 314 g/mol. The number of hydrogen-bond acceptors (Lipinski definition) is 4.